The molecular weight excluding hydrogens is 185 g/mol. The third-order valence-corrected chi connectivity index (χ3v) is 2.21. The van der Waals surface area contributed by atoms with Crippen LogP contribution in [0.15, 0.2) is 11.6 Å². The van der Waals surface area contributed by atoms with E-state index in [0.717, 1.165) is 5.75 Å². The Morgan fingerprint density at radius 3 is 2.25 bits per heavy atom. The minimum absolute atomic E-state index is 0.0633. The van der Waals surface area contributed by atoms with Crippen LogP contribution in [0.1, 0.15) is 20.3 Å². The molecule has 0 heterocycles. The fraction of sp³-hybridized carbons (Fsp3) is 0.750. The summed E-state index contributed by atoms with van der Waals surface area (Å²) in [5.41, 5.74) is -0.413. The lowest BCUT2D eigenvalue weighted by atomic mass is 10.2. The largest absolute Gasteiger partial charge is 0.412 e. The highest BCUT2D eigenvalue weighted by atomic mass is 32.2. The molecule has 0 aromatic rings. The summed E-state index contributed by atoms with van der Waals surface area (Å²) < 4.78 is 36.2. The third-order valence-electron chi connectivity index (χ3n) is 1.40. The summed E-state index contributed by atoms with van der Waals surface area (Å²) in [6.07, 6.45) is -2.80. The summed E-state index contributed by atoms with van der Waals surface area (Å²) in [6.45, 7) is 3.45. The maximum absolute atomic E-state index is 12.1. The first-order valence-electron chi connectivity index (χ1n) is 3.86. The maximum Gasteiger partial charge on any atom is 0.412 e. The summed E-state index contributed by atoms with van der Waals surface area (Å²) in [6, 6.07) is 0. The number of halogens is 3. The Balaban J connectivity index is 4.05. The van der Waals surface area contributed by atoms with Crippen LogP contribution in [0.4, 0.5) is 13.2 Å². The Hall–Kier alpha value is -0.120. The van der Waals surface area contributed by atoms with Crippen molar-refractivity contribution >= 4 is 11.8 Å². The van der Waals surface area contributed by atoms with Gasteiger partial charge in [-0.05, 0) is 12.2 Å². The van der Waals surface area contributed by atoms with E-state index in [9.17, 15) is 13.2 Å². The van der Waals surface area contributed by atoms with Crippen LogP contribution in [0, 0.1) is 0 Å². The molecule has 0 fully saturated rings. The first kappa shape index (κ1) is 11.9. The van der Waals surface area contributed by atoms with E-state index in [1.165, 1.54) is 24.8 Å². The summed E-state index contributed by atoms with van der Waals surface area (Å²) in [4.78, 5) is 0. The van der Waals surface area contributed by atoms with Gasteiger partial charge in [-0.2, -0.15) is 24.9 Å². The van der Waals surface area contributed by atoms with E-state index < -0.39 is 11.7 Å². The van der Waals surface area contributed by atoms with Gasteiger partial charge in [0.25, 0.3) is 0 Å². The summed E-state index contributed by atoms with van der Waals surface area (Å²) in [5.74, 6) is 1.31. The third kappa shape index (κ3) is 4.70. The van der Waals surface area contributed by atoms with Crippen LogP contribution in [0.2, 0.25) is 0 Å². The predicted octanol–water partition coefficient (Wildman–Crippen LogP) is 3.64. The second-order valence-corrected chi connectivity index (χ2v) is 3.56. The van der Waals surface area contributed by atoms with Crippen LogP contribution in [-0.4, -0.2) is 17.7 Å². The van der Waals surface area contributed by atoms with Gasteiger partial charge in [-0.25, -0.2) is 0 Å². The quantitative estimate of drug-likeness (QED) is 0.491. The van der Waals surface area contributed by atoms with Gasteiger partial charge in [0.1, 0.15) is 0 Å². The lowest BCUT2D eigenvalue weighted by molar-refractivity contribution is -0.0936. The molecule has 0 saturated carbocycles. The smallest absolute Gasteiger partial charge is 0.166 e. The number of allylic oxidation sites excluding steroid dienone is 1. The van der Waals surface area contributed by atoms with Crippen molar-refractivity contribution in [2.45, 2.75) is 26.4 Å². The first-order valence-corrected chi connectivity index (χ1v) is 5.01. The van der Waals surface area contributed by atoms with Crippen LogP contribution in [-0.2, 0) is 0 Å². The van der Waals surface area contributed by atoms with Gasteiger partial charge in [-0.15, -0.1) is 0 Å². The number of thioether (sulfide) groups is 1. The van der Waals surface area contributed by atoms with Crippen LogP contribution in [0.3, 0.4) is 0 Å². The van der Waals surface area contributed by atoms with E-state index in [0.29, 0.717) is 5.75 Å². The van der Waals surface area contributed by atoms with Gasteiger partial charge < -0.3 is 0 Å². The van der Waals surface area contributed by atoms with E-state index in [4.69, 9.17) is 0 Å². The molecule has 0 atom stereocenters. The lowest BCUT2D eigenvalue weighted by Gasteiger charge is -2.08. The lowest BCUT2D eigenvalue weighted by Crippen LogP contribution is -2.11. The molecule has 0 aliphatic carbocycles. The Bertz CT molecular complexity index is 149. The highest BCUT2D eigenvalue weighted by molar-refractivity contribution is 7.99. The second-order valence-electron chi connectivity index (χ2n) is 2.24. The Labute approximate surface area is 75.2 Å². The molecule has 0 spiro atoms. The van der Waals surface area contributed by atoms with Crippen molar-refractivity contribution in [2.75, 3.05) is 11.5 Å². The maximum atomic E-state index is 12.1. The van der Waals surface area contributed by atoms with Gasteiger partial charge in [-0.1, -0.05) is 19.9 Å². The fourth-order valence-corrected chi connectivity index (χ4v) is 1.29. The highest BCUT2D eigenvalue weighted by Crippen LogP contribution is 2.28. The molecule has 0 aromatic carbocycles. The van der Waals surface area contributed by atoms with Crippen LogP contribution < -0.4 is 0 Å². The molecule has 0 saturated heterocycles. The van der Waals surface area contributed by atoms with Crippen molar-refractivity contribution in [3.8, 4) is 0 Å². The summed E-state index contributed by atoms with van der Waals surface area (Å²) in [5, 5.41) is 0. The van der Waals surface area contributed by atoms with Crippen LogP contribution in [0.5, 0.6) is 0 Å². The molecule has 0 amide bonds. The normalized spacial score (nSPS) is 13.6. The van der Waals surface area contributed by atoms with Gasteiger partial charge in [0.15, 0.2) is 0 Å². The van der Waals surface area contributed by atoms with E-state index in [1.54, 1.807) is 0 Å². The first-order chi connectivity index (χ1) is 5.52. The van der Waals surface area contributed by atoms with Gasteiger partial charge in [0, 0.05) is 11.3 Å². The molecule has 72 valence electrons. The van der Waals surface area contributed by atoms with Crippen LogP contribution in [0.25, 0.3) is 0 Å². The zero-order valence-corrected chi connectivity index (χ0v) is 8.06. The average Bonchev–Trinajstić information content (AvgIpc) is 1.95. The molecule has 4 heteroatoms. The second kappa shape index (κ2) is 5.51. The van der Waals surface area contributed by atoms with Crippen molar-refractivity contribution in [2.24, 2.45) is 0 Å². The SMILES string of the molecule is CCSC/C=C(/CC)C(F)(F)F. The predicted molar refractivity (Wildman–Crippen MR) is 47.4 cm³/mol. The highest BCUT2D eigenvalue weighted by Gasteiger charge is 2.31. The standard InChI is InChI=1S/C8H13F3S/c1-3-7(8(9,10)11)5-6-12-4-2/h5H,3-4,6H2,1-2H3/b7-5-. The molecule has 12 heavy (non-hydrogen) atoms. The number of hydrogen-bond donors (Lipinski definition) is 0. The minimum Gasteiger partial charge on any atom is -0.166 e. The molecule has 0 N–H and O–H groups in total. The average molecular weight is 198 g/mol. The number of hydrogen-bond acceptors (Lipinski definition) is 1. The molecule has 0 nitrogen and oxygen atoms in total. The molecule has 0 bridgehead atoms. The summed E-state index contributed by atoms with van der Waals surface area (Å²) >= 11 is 1.49. The van der Waals surface area contributed by atoms with E-state index in [2.05, 4.69) is 0 Å². The molecule has 0 radical (unpaired) electrons. The fourth-order valence-electron chi connectivity index (χ4n) is 0.738. The number of alkyl halides is 3. The molecule has 0 unspecified atom stereocenters. The number of rotatable bonds is 4. The molecular formula is C8H13F3S. The Kier molecular flexibility index (Phi) is 5.46. The Morgan fingerprint density at radius 1 is 1.33 bits per heavy atom. The van der Waals surface area contributed by atoms with E-state index in [1.807, 2.05) is 6.92 Å². The minimum atomic E-state index is -4.14. The van der Waals surface area contributed by atoms with E-state index >= 15 is 0 Å². The van der Waals surface area contributed by atoms with E-state index in [-0.39, 0.29) is 6.42 Å². The topological polar surface area (TPSA) is 0 Å². The summed E-state index contributed by atoms with van der Waals surface area (Å²) in [7, 11) is 0. The molecule has 0 aliphatic heterocycles. The van der Waals surface area contributed by atoms with Crippen molar-refractivity contribution < 1.29 is 13.2 Å². The zero-order valence-electron chi connectivity index (χ0n) is 7.24. The van der Waals surface area contributed by atoms with Gasteiger partial charge in [-0.3, -0.25) is 0 Å². The zero-order chi connectivity index (χ0) is 9.61. The molecule has 0 aromatic heterocycles. The van der Waals surface area contributed by atoms with Crippen molar-refractivity contribution in [3.63, 3.8) is 0 Å². The molecule has 0 aliphatic rings. The molecule has 0 rings (SSSR count). The van der Waals surface area contributed by atoms with Crippen molar-refractivity contribution in [1.29, 1.82) is 0 Å². The Morgan fingerprint density at radius 2 is 1.92 bits per heavy atom. The van der Waals surface area contributed by atoms with Crippen molar-refractivity contribution in [1.82, 2.24) is 0 Å². The monoisotopic (exact) mass is 198 g/mol. The van der Waals surface area contributed by atoms with Crippen LogP contribution >= 0.6 is 11.8 Å². The van der Waals surface area contributed by atoms with Gasteiger partial charge in [0.05, 0.1) is 0 Å². The van der Waals surface area contributed by atoms with Gasteiger partial charge >= 0.3 is 6.18 Å². The van der Waals surface area contributed by atoms with Gasteiger partial charge in [0.2, 0.25) is 0 Å². The van der Waals surface area contributed by atoms with Crippen molar-refractivity contribution in [3.05, 3.63) is 11.6 Å².